The Labute approximate surface area is 148 Å². The van der Waals surface area contributed by atoms with Crippen molar-refractivity contribution < 1.29 is 14.3 Å². The van der Waals surface area contributed by atoms with Crippen molar-refractivity contribution in [2.45, 2.75) is 26.3 Å². The third-order valence-corrected chi connectivity index (χ3v) is 4.07. The van der Waals surface area contributed by atoms with Crippen LogP contribution in [0, 0.1) is 0 Å². The molecule has 2 rings (SSSR count). The van der Waals surface area contributed by atoms with Gasteiger partial charge in [-0.25, -0.2) is 0 Å². The monoisotopic (exact) mass is 337 g/mol. The van der Waals surface area contributed by atoms with Crippen LogP contribution in [-0.2, 0) is 14.3 Å². The lowest BCUT2D eigenvalue weighted by Crippen LogP contribution is -2.31. The minimum absolute atomic E-state index is 0.197. The van der Waals surface area contributed by atoms with E-state index in [1.807, 2.05) is 74.5 Å². The smallest absolute Gasteiger partial charge is 0.315 e. The molecule has 0 saturated heterocycles. The fourth-order valence-electron chi connectivity index (χ4n) is 2.56. The molecule has 0 aliphatic rings. The number of hydrogen-bond acceptors (Lipinski definition) is 3. The number of hydrogen-bond donors (Lipinski definition) is 0. The Morgan fingerprint density at radius 2 is 1.60 bits per heavy atom. The average Bonchev–Trinajstić information content (AvgIpc) is 2.66. The first-order valence-corrected chi connectivity index (χ1v) is 8.19. The topological polar surface area (TPSA) is 46.6 Å². The molecule has 0 aromatic heterocycles. The molecule has 0 spiro atoms. The molecule has 2 aromatic carbocycles. The van der Waals surface area contributed by atoms with Crippen LogP contribution in [0.2, 0.25) is 0 Å². The van der Waals surface area contributed by atoms with Crippen LogP contribution < -0.4 is 0 Å². The summed E-state index contributed by atoms with van der Waals surface area (Å²) in [4.78, 5) is 25.8. The molecule has 0 aliphatic heterocycles. The molecule has 1 amide bonds. The number of carbonyl (C=O) groups is 2. The Morgan fingerprint density at radius 1 is 1.04 bits per heavy atom. The Kier molecular flexibility index (Phi) is 6.52. The molecule has 1 unspecified atom stereocenters. The lowest BCUT2D eigenvalue weighted by molar-refractivity contribution is -0.146. The van der Waals surface area contributed by atoms with Gasteiger partial charge >= 0.3 is 5.97 Å². The second kappa shape index (κ2) is 8.83. The Hall–Kier alpha value is -2.88. The van der Waals surface area contributed by atoms with Gasteiger partial charge in [0.15, 0.2) is 0 Å². The number of amides is 1. The Bertz CT molecular complexity index is 738. The highest BCUT2D eigenvalue weighted by Gasteiger charge is 2.22. The van der Waals surface area contributed by atoms with E-state index >= 15 is 0 Å². The molecule has 0 aliphatic carbocycles. The number of benzene rings is 2. The number of rotatable bonds is 6. The van der Waals surface area contributed by atoms with Gasteiger partial charge in [-0.1, -0.05) is 60.7 Å². The van der Waals surface area contributed by atoms with E-state index in [-0.39, 0.29) is 18.4 Å². The zero-order valence-corrected chi connectivity index (χ0v) is 14.8. The summed E-state index contributed by atoms with van der Waals surface area (Å²) in [6.07, 6.45) is 1.52. The highest BCUT2D eigenvalue weighted by atomic mass is 16.5. The second-order valence-electron chi connectivity index (χ2n) is 5.82. The molecule has 0 saturated carbocycles. The van der Waals surface area contributed by atoms with E-state index < -0.39 is 5.97 Å². The molecule has 2 aromatic rings. The Balaban J connectivity index is 2.34. The fourth-order valence-corrected chi connectivity index (χ4v) is 2.56. The normalized spacial score (nSPS) is 12.4. The van der Waals surface area contributed by atoms with Crippen LogP contribution in [0.3, 0.4) is 0 Å². The summed E-state index contributed by atoms with van der Waals surface area (Å²) >= 11 is 0. The second-order valence-corrected chi connectivity index (χ2v) is 5.82. The van der Waals surface area contributed by atoms with Gasteiger partial charge in [-0.2, -0.15) is 0 Å². The van der Waals surface area contributed by atoms with Gasteiger partial charge in [0.1, 0.15) is 6.42 Å². The maximum Gasteiger partial charge on any atom is 0.315 e. The summed E-state index contributed by atoms with van der Waals surface area (Å²) in [5.41, 5.74) is 2.97. The molecule has 0 radical (unpaired) electrons. The van der Waals surface area contributed by atoms with Gasteiger partial charge in [-0.15, -0.1) is 0 Å². The van der Waals surface area contributed by atoms with Gasteiger partial charge in [-0.3, -0.25) is 9.59 Å². The highest BCUT2D eigenvalue weighted by molar-refractivity contribution is 5.95. The molecule has 130 valence electrons. The van der Waals surface area contributed by atoms with Crippen LogP contribution in [-0.4, -0.2) is 23.9 Å². The maximum absolute atomic E-state index is 12.7. The van der Waals surface area contributed by atoms with E-state index in [1.54, 1.807) is 11.1 Å². The number of esters is 1. The van der Waals surface area contributed by atoms with Crippen molar-refractivity contribution in [2.75, 3.05) is 7.11 Å². The zero-order valence-electron chi connectivity index (χ0n) is 14.8. The molecule has 0 N–H and O–H groups in total. The summed E-state index contributed by atoms with van der Waals surface area (Å²) < 4.78 is 4.64. The maximum atomic E-state index is 12.7. The number of methoxy groups -OCH3 is 1. The summed E-state index contributed by atoms with van der Waals surface area (Å²) in [7, 11) is 1.28. The summed E-state index contributed by atoms with van der Waals surface area (Å²) in [5, 5.41) is 0. The van der Waals surface area contributed by atoms with Crippen LogP contribution in [0.5, 0.6) is 0 Å². The number of nitrogens with zero attached hydrogens (tertiary/aromatic N) is 1. The minimum Gasteiger partial charge on any atom is -0.469 e. The van der Waals surface area contributed by atoms with Crippen molar-refractivity contribution in [1.82, 2.24) is 4.90 Å². The van der Waals surface area contributed by atoms with E-state index in [2.05, 4.69) is 4.74 Å². The lowest BCUT2D eigenvalue weighted by Gasteiger charge is -2.27. The predicted molar refractivity (Wildman–Crippen MR) is 98.4 cm³/mol. The van der Waals surface area contributed by atoms with Crippen LogP contribution in [0.15, 0.2) is 66.9 Å². The molecule has 1 atom stereocenters. The lowest BCUT2D eigenvalue weighted by atomic mass is 10.0. The average molecular weight is 337 g/mol. The number of ether oxygens (including phenoxy) is 1. The largest absolute Gasteiger partial charge is 0.469 e. The Morgan fingerprint density at radius 3 is 2.16 bits per heavy atom. The minimum atomic E-state index is -0.541. The molecule has 0 heterocycles. The van der Waals surface area contributed by atoms with E-state index in [0.717, 1.165) is 16.7 Å². The standard InChI is InChI=1S/C21H23NO3/c1-16(18-10-6-4-7-11-18)15-22(20(23)14-21(24)25-3)17(2)19-12-8-5-9-13-19/h4-13,15,17H,14H2,1-3H3/b16-15+. The first-order chi connectivity index (χ1) is 12.0. The quantitative estimate of drug-likeness (QED) is 0.586. The molecule has 25 heavy (non-hydrogen) atoms. The summed E-state index contributed by atoms with van der Waals surface area (Å²) in [6, 6.07) is 19.4. The fraction of sp³-hybridized carbons (Fsp3) is 0.238. The molecular weight excluding hydrogens is 314 g/mol. The van der Waals surface area contributed by atoms with Gasteiger partial charge in [0, 0.05) is 6.20 Å². The van der Waals surface area contributed by atoms with Crippen molar-refractivity contribution in [1.29, 1.82) is 0 Å². The molecule has 4 heteroatoms. The van der Waals surface area contributed by atoms with Crippen molar-refractivity contribution in [3.05, 3.63) is 78.0 Å². The van der Waals surface area contributed by atoms with Crippen molar-refractivity contribution in [3.63, 3.8) is 0 Å². The summed E-state index contributed by atoms with van der Waals surface area (Å²) in [5.74, 6) is -0.834. The molecule has 0 fully saturated rings. The molecule has 0 bridgehead atoms. The van der Waals surface area contributed by atoms with Gasteiger partial charge in [-0.05, 0) is 30.5 Å². The third-order valence-electron chi connectivity index (χ3n) is 4.07. The van der Waals surface area contributed by atoms with Crippen LogP contribution >= 0.6 is 0 Å². The molecule has 4 nitrogen and oxygen atoms in total. The van der Waals surface area contributed by atoms with Gasteiger partial charge < -0.3 is 9.64 Å². The molecular formula is C21H23NO3. The number of carbonyl (C=O) groups excluding carboxylic acids is 2. The van der Waals surface area contributed by atoms with E-state index in [9.17, 15) is 9.59 Å². The van der Waals surface area contributed by atoms with Gasteiger partial charge in [0.05, 0.1) is 13.2 Å². The van der Waals surface area contributed by atoms with Crippen LogP contribution in [0.1, 0.15) is 37.4 Å². The van der Waals surface area contributed by atoms with Gasteiger partial charge in [0.25, 0.3) is 0 Å². The van der Waals surface area contributed by atoms with Crippen molar-refractivity contribution in [3.8, 4) is 0 Å². The SMILES string of the molecule is COC(=O)CC(=O)N(/C=C(\C)c1ccccc1)C(C)c1ccccc1. The number of allylic oxidation sites excluding steroid dienone is 1. The summed E-state index contributed by atoms with van der Waals surface area (Å²) in [6.45, 7) is 3.89. The first kappa shape index (κ1) is 18.5. The van der Waals surface area contributed by atoms with Gasteiger partial charge in [0.2, 0.25) is 5.91 Å². The highest BCUT2D eigenvalue weighted by Crippen LogP contribution is 2.24. The van der Waals surface area contributed by atoms with Crippen molar-refractivity contribution in [2.24, 2.45) is 0 Å². The van der Waals surface area contributed by atoms with Crippen LogP contribution in [0.25, 0.3) is 5.57 Å². The van der Waals surface area contributed by atoms with Crippen molar-refractivity contribution >= 4 is 17.4 Å². The zero-order chi connectivity index (χ0) is 18.2. The van der Waals surface area contributed by atoms with E-state index in [4.69, 9.17) is 0 Å². The third kappa shape index (κ3) is 5.05. The van der Waals surface area contributed by atoms with E-state index in [0.29, 0.717) is 0 Å². The van der Waals surface area contributed by atoms with E-state index in [1.165, 1.54) is 7.11 Å². The predicted octanol–water partition coefficient (Wildman–Crippen LogP) is 4.20. The first-order valence-electron chi connectivity index (χ1n) is 8.19. The van der Waals surface area contributed by atoms with Crippen LogP contribution in [0.4, 0.5) is 0 Å².